The lowest BCUT2D eigenvalue weighted by atomic mass is 10.1. The number of nitrogens with zero attached hydrogens (tertiary/aromatic N) is 1. The zero-order valence-corrected chi connectivity index (χ0v) is 13.6. The second kappa shape index (κ2) is 5.75. The average molecular weight is 346 g/mol. The minimum Gasteiger partial charge on any atom is -0.478 e. The van der Waals surface area contributed by atoms with E-state index >= 15 is 0 Å². The molecule has 0 unspecified atom stereocenters. The highest BCUT2D eigenvalue weighted by Crippen LogP contribution is 2.28. The predicted octanol–water partition coefficient (Wildman–Crippen LogP) is 3.09. The van der Waals surface area contributed by atoms with Gasteiger partial charge < -0.3 is 5.11 Å². The van der Waals surface area contributed by atoms with Crippen LogP contribution >= 0.6 is 22.9 Å². The molecule has 0 saturated heterocycles. The Labute approximate surface area is 131 Å². The molecule has 0 radical (unpaired) electrons. The first-order valence-electron chi connectivity index (χ1n) is 5.88. The number of hydrogen-bond donors (Lipinski definition) is 1. The van der Waals surface area contributed by atoms with Crippen LogP contribution in [0.25, 0.3) is 0 Å². The number of benzene rings is 1. The molecule has 0 atom stereocenters. The highest BCUT2D eigenvalue weighted by Gasteiger charge is 2.23. The Morgan fingerprint density at radius 1 is 1.38 bits per heavy atom. The van der Waals surface area contributed by atoms with E-state index in [1.165, 1.54) is 36.6 Å². The molecule has 0 spiro atoms. The molecular weight excluding hydrogens is 334 g/mol. The van der Waals surface area contributed by atoms with Gasteiger partial charge in [0.2, 0.25) is 0 Å². The van der Waals surface area contributed by atoms with Crippen molar-refractivity contribution in [3.8, 4) is 0 Å². The van der Waals surface area contributed by atoms with Crippen LogP contribution in [0.2, 0.25) is 5.02 Å². The van der Waals surface area contributed by atoms with Crippen LogP contribution in [-0.4, -0.2) is 24.5 Å². The molecule has 1 N–H and O–H groups in total. The van der Waals surface area contributed by atoms with Crippen LogP contribution in [0.3, 0.4) is 0 Å². The Morgan fingerprint density at radius 2 is 2.05 bits per heavy atom. The van der Waals surface area contributed by atoms with Gasteiger partial charge in [0.1, 0.15) is 0 Å². The summed E-state index contributed by atoms with van der Waals surface area (Å²) in [4.78, 5) is 15.7. The topological polar surface area (TPSA) is 84.3 Å². The Balaban J connectivity index is 2.52. The third kappa shape index (κ3) is 3.42. The van der Waals surface area contributed by atoms with E-state index in [0.29, 0.717) is 4.88 Å². The average Bonchev–Trinajstić information content (AvgIpc) is 2.76. The smallest absolute Gasteiger partial charge is 0.336 e. The Bertz CT molecular complexity index is 812. The summed E-state index contributed by atoms with van der Waals surface area (Å²) in [5, 5.41) is 9.96. The lowest BCUT2D eigenvalue weighted by Gasteiger charge is -2.10. The quantitative estimate of drug-likeness (QED) is 0.920. The molecule has 2 aromatic rings. The van der Waals surface area contributed by atoms with Gasteiger partial charge >= 0.3 is 5.97 Å². The molecule has 0 bridgehead atoms. The zero-order chi connectivity index (χ0) is 15.8. The monoisotopic (exact) mass is 345 g/mol. The largest absolute Gasteiger partial charge is 0.478 e. The molecule has 2 rings (SSSR count). The summed E-state index contributed by atoms with van der Waals surface area (Å²) in [7, 11) is -3.69. The van der Waals surface area contributed by atoms with E-state index in [2.05, 4.69) is 4.98 Å². The number of carboxylic acids is 1. The second-order valence-corrected chi connectivity index (χ2v) is 8.20. The van der Waals surface area contributed by atoms with Gasteiger partial charge in [-0.2, -0.15) is 0 Å². The molecule has 5 nitrogen and oxygen atoms in total. The maximum Gasteiger partial charge on any atom is 0.336 e. The van der Waals surface area contributed by atoms with E-state index in [1.54, 1.807) is 6.92 Å². The molecule has 21 heavy (non-hydrogen) atoms. The highest BCUT2D eigenvalue weighted by molar-refractivity contribution is 7.90. The molecule has 0 fully saturated rings. The highest BCUT2D eigenvalue weighted by atomic mass is 35.5. The number of aryl methyl sites for hydroxylation is 1. The van der Waals surface area contributed by atoms with Gasteiger partial charge in [-0.05, 0) is 31.5 Å². The maximum atomic E-state index is 12.5. The van der Waals surface area contributed by atoms with Crippen molar-refractivity contribution in [2.75, 3.05) is 0 Å². The van der Waals surface area contributed by atoms with Crippen molar-refractivity contribution in [2.24, 2.45) is 0 Å². The summed E-state index contributed by atoms with van der Waals surface area (Å²) in [6.07, 6.45) is 1.51. The van der Waals surface area contributed by atoms with Gasteiger partial charge in [0.15, 0.2) is 9.84 Å². The minimum atomic E-state index is -3.69. The Morgan fingerprint density at radius 3 is 2.57 bits per heavy atom. The minimum absolute atomic E-state index is 0.0570. The second-order valence-electron chi connectivity index (χ2n) is 4.49. The number of thiazole rings is 1. The van der Waals surface area contributed by atoms with Crippen LogP contribution in [0, 0.1) is 13.8 Å². The van der Waals surface area contributed by atoms with E-state index in [0.717, 1.165) is 5.01 Å². The number of halogens is 1. The van der Waals surface area contributed by atoms with Crippen molar-refractivity contribution in [2.45, 2.75) is 24.5 Å². The van der Waals surface area contributed by atoms with Crippen LogP contribution in [-0.2, 0) is 15.6 Å². The summed E-state index contributed by atoms with van der Waals surface area (Å²) in [6, 6.07) is 2.53. The summed E-state index contributed by atoms with van der Waals surface area (Å²) >= 11 is 7.13. The SMILES string of the molecule is Cc1ncc(CS(=O)(=O)c2cc(Cl)cc(C(=O)O)c2C)s1. The molecule has 8 heteroatoms. The van der Waals surface area contributed by atoms with Gasteiger partial charge in [0, 0.05) is 16.1 Å². The van der Waals surface area contributed by atoms with Gasteiger partial charge in [-0.1, -0.05) is 11.6 Å². The maximum absolute atomic E-state index is 12.5. The van der Waals surface area contributed by atoms with Crippen molar-refractivity contribution >= 4 is 38.7 Å². The molecule has 0 aliphatic carbocycles. The van der Waals surface area contributed by atoms with Crippen LogP contribution < -0.4 is 0 Å². The first-order valence-corrected chi connectivity index (χ1v) is 8.73. The summed E-state index contributed by atoms with van der Waals surface area (Å²) in [5.74, 6) is -1.43. The first-order chi connectivity index (χ1) is 9.70. The third-order valence-electron chi connectivity index (χ3n) is 2.89. The van der Waals surface area contributed by atoms with Gasteiger partial charge in [-0.15, -0.1) is 11.3 Å². The lowest BCUT2D eigenvalue weighted by molar-refractivity contribution is 0.0696. The Hall–Kier alpha value is -1.44. The van der Waals surface area contributed by atoms with Gasteiger partial charge in [0.05, 0.1) is 21.2 Å². The Kier molecular flexibility index (Phi) is 4.36. The molecule has 1 heterocycles. The van der Waals surface area contributed by atoms with E-state index in [-0.39, 0.29) is 26.8 Å². The van der Waals surface area contributed by atoms with Crippen molar-refractivity contribution in [1.29, 1.82) is 0 Å². The molecule has 1 aromatic carbocycles. The van der Waals surface area contributed by atoms with Crippen LogP contribution in [0.5, 0.6) is 0 Å². The van der Waals surface area contributed by atoms with Crippen LogP contribution in [0.1, 0.15) is 25.8 Å². The molecular formula is C13H12ClNO4S2. The van der Waals surface area contributed by atoms with Crippen molar-refractivity contribution in [3.63, 3.8) is 0 Å². The van der Waals surface area contributed by atoms with E-state index < -0.39 is 15.8 Å². The number of carbonyl (C=O) groups is 1. The van der Waals surface area contributed by atoms with Gasteiger partial charge in [-0.3, -0.25) is 0 Å². The number of hydrogen-bond acceptors (Lipinski definition) is 5. The molecule has 1 aromatic heterocycles. The standard InChI is InChI=1S/C13H12ClNO4S2/c1-7-11(13(16)17)3-9(14)4-12(7)21(18,19)6-10-5-15-8(2)20-10/h3-5H,6H2,1-2H3,(H,16,17). The van der Waals surface area contributed by atoms with Crippen LogP contribution in [0.15, 0.2) is 23.2 Å². The summed E-state index contributed by atoms with van der Waals surface area (Å²) < 4.78 is 25.0. The fourth-order valence-electron chi connectivity index (χ4n) is 1.94. The van der Waals surface area contributed by atoms with Gasteiger partial charge in [-0.25, -0.2) is 18.2 Å². The third-order valence-corrected chi connectivity index (χ3v) is 5.99. The fraction of sp³-hybridized carbons (Fsp3) is 0.231. The van der Waals surface area contributed by atoms with Crippen molar-refractivity contribution in [1.82, 2.24) is 4.98 Å². The molecule has 0 aliphatic heterocycles. The molecule has 112 valence electrons. The first kappa shape index (κ1) is 15.9. The summed E-state index contributed by atoms with van der Waals surface area (Å²) in [5.41, 5.74) is 0.0784. The summed E-state index contributed by atoms with van der Waals surface area (Å²) in [6.45, 7) is 3.25. The number of sulfone groups is 1. The zero-order valence-electron chi connectivity index (χ0n) is 11.3. The number of carboxylic acid groups (broad SMARTS) is 1. The number of aromatic nitrogens is 1. The molecule has 0 amide bonds. The van der Waals surface area contributed by atoms with Crippen molar-refractivity contribution < 1.29 is 18.3 Å². The number of rotatable bonds is 4. The van der Waals surface area contributed by atoms with E-state index in [1.807, 2.05) is 0 Å². The fourth-order valence-corrected chi connectivity index (χ4v) is 5.00. The van der Waals surface area contributed by atoms with E-state index in [4.69, 9.17) is 16.7 Å². The lowest BCUT2D eigenvalue weighted by Crippen LogP contribution is -2.10. The normalized spacial score (nSPS) is 11.6. The molecule has 0 saturated carbocycles. The van der Waals surface area contributed by atoms with Crippen molar-refractivity contribution in [3.05, 3.63) is 44.4 Å². The molecule has 0 aliphatic rings. The number of aromatic carboxylic acids is 1. The van der Waals surface area contributed by atoms with Gasteiger partial charge in [0.25, 0.3) is 0 Å². The predicted molar refractivity (Wildman–Crippen MR) is 80.9 cm³/mol. The van der Waals surface area contributed by atoms with Crippen LogP contribution in [0.4, 0.5) is 0 Å². The van der Waals surface area contributed by atoms with E-state index in [9.17, 15) is 13.2 Å².